The van der Waals surface area contributed by atoms with Crippen LogP contribution >= 0.6 is 0 Å². The molecule has 1 aromatic heterocycles. The van der Waals surface area contributed by atoms with Crippen molar-refractivity contribution in [1.29, 1.82) is 0 Å². The lowest BCUT2D eigenvalue weighted by molar-refractivity contribution is 0.152. The lowest BCUT2D eigenvalue weighted by Crippen LogP contribution is -2.48. The maximum atomic E-state index is 5.37. The van der Waals surface area contributed by atoms with Gasteiger partial charge in [-0.25, -0.2) is 4.68 Å². The van der Waals surface area contributed by atoms with Crippen LogP contribution < -0.4 is 9.64 Å². The number of ether oxygens (including phenoxy) is 2. The van der Waals surface area contributed by atoms with Gasteiger partial charge in [-0.2, -0.15) is 0 Å². The molecule has 0 N–H and O–H groups in total. The van der Waals surface area contributed by atoms with Gasteiger partial charge >= 0.3 is 0 Å². The van der Waals surface area contributed by atoms with Gasteiger partial charge in [0.25, 0.3) is 0 Å². The minimum atomic E-state index is 0.249. The summed E-state index contributed by atoms with van der Waals surface area (Å²) in [6.07, 6.45) is 3.40. The molecule has 3 rings (SSSR count). The molecule has 1 aliphatic heterocycles. The van der Waals surface area contributed by atoms with E-state index in [9.17, 15) is 0 Å². The van der Waals surface area contributed by atoms with Crippen LogP contribution in [0.4, 0.5) is 5.69 Å². The molecule has 0 aliphatic carbocycles. The maximum Gasteiger partial charge on any atom is 0.168 e. The second-order valence-corrected chi connectivity index (χ2v) is 7.14. The quantitative estimate of drug-likeness (QED) is 0.619. The highest BCUT2D eigenvalue weighted by Crippen LogP contribution is 2.28. The van der Waals surface area contributed by atoms with Crippen LogP contribution in [-0.2, 0) is 11.3 Å². The number of aromatic nitrogens is 4. The van der Waals surface area contributed by atoms with Crippen LogP contribution in [0.15, 0.2) is 24.3 Å². The van der Waals surface area contributed by atoms with Gasteiger partial charge in [0, 0.05) is 45.0 Å². The Hall–Kier alpha value is -2.19. The molecule has 1 aromatic carbocycles. The van der Waals surface area contributed by atoms with Gasteiger partial charge in [0.15, 0.2) is 5.82 Å². The second-order valence-electron chi connectivity index (χ2n) is 7.14. The summed E-state index contributed by atoms with van der Waals surface area (Å²) in [4.78, 5) is 4.95. The number of benzene rings is 1. The average molecular weight is 389 g/mol. The van der Waals surface area contributed by atoms with Gasteiger partial charge in [0.05, 0.1) is 26.3 Å². The summed E-state index contributed by atoms with van der Waals surface area (Å²) in [5.41, 5.74) is 1.22. The van der Waals surface area contributed by atoms with Crippen molar-refractivity contribution in [2.75, 3.05) is 51.9 Å². The van der Waals surface area contributed by atoms with E-state index < -0.39 is 0 Å². The predicted molar refractivity (Wildman–Crippen MR) is 109 cm³/mol. The number of nitrogens with zero attached hydrogens (tertiary/aromatic N) is 6. The first-order valence-electron chi connectivity index (χ1n) is 10.1. The van der Waals surface area contributed by atoms with E-state index in [0.29, 0.717) is 13.2 Å². The molecule has 0 amide bonds. The third-order valence-corrected chi connectivity index (χ3v) is 5.37. The van der Waals surface area contributed by atoms with Gasteiger partial charge in [0.2, 0.25) is 0 Å². The minimum absolute atomic E-state index is 0.249. The van der Waals surface area contributed by atoms with E-state index in [4.69, 9.17) is 9.47 Å². The first kappa shape index (κ1) is 20.5. The Bertz CT molecular complexity index is 714. The topological polar surface area (TPSA) is 68.5 Å². The third-order valence-electron chi connectivity index (χ3n) is 5.37. The molecule has 154 valence electrons. The molecule has 0 saturated carbocycles. The van der Waals surface area contributed by atoms with Crippen LogP contribution in [-0.4, -0.2) is 72.1 Å². The summed E-state index contributed by atoms with van der Waals surface area (Å²) >= 11 is 0. The number of hydrogen-bond donors (Lipinski definition) is 0. The van der Waals surface area contributed by atoms with Gasteiger partial charge in [0.1, 0.15) is 5.75 Å². The minimum Gasteiger partial charge on any atom is -0.497 e. The number of methoxy groups -OCH3 is 2. The molecule has 0 radical (unpaired) electrons. The predicted octanol–water partition coefficient (Wildman–Crippen LogP) is 2.38. The Labute approximate surface area is 167 Å². The third kappa shape index (κ3) is 4.99. The summed E-state index contributed by atoms with van der Waals surface area (Å²) in [5, 5.41) is 12.5. The highest BCUT2D eigenvalue weighted by Gasteiger charge is 2.28. The van der Waals surface area contributed by atoms with Crippen LogP contribution in [0.2, 0.25) is 0 Å². The number of tetrazole rings is 1. The van der Waals surface area contributed by atoms with E-state index >= 15 is 0 Å². The number of hydrogen-bond acceptors (Lipinski definition) is 7. The van der Waals surface area contributed by atoms with Crippen LogP contribution in [0.5, 0.6) is 5.75 Å². The van der Waals surface area contributed by atoms with Gasteiger partial charge in [-0.1, -0.05) is 25.8 Å². The summed E-state index contributed by atoms with van der Waals surface area (Å²) in [7, 11) is 3.42. The van der Waals surface area contributed by atoms with Crippen molar-refractivity contribution in [3.8, 4) is 5.75 Å². The molecule has 8 heteroatoms. The fraction of sp³-hybridized carbons (Fsp3) is 0.650. The SMILES string of the molecule is CCCC[C@@H](c1nnnn1CCOC)N1CCN(c2cccc(OC)c2)CC1. The largest absolute Gasteiger partial charge is 0.497 e. The zero-order valence-electron chi connectivity index (χ0n) is 17.3. The van der Waals surface area contributed by atoms with E-state index in [1.165, 1.54) is 12.1 Å². The van der Waals surface area contributed by atoms with Crippen molar-refractivity contribution in [3.63, 3.8) is 0 Å². The zero-order chi connectivity index (χ0) is 19.8. The molecule has 1 atom stereocenters. The van der Waals surface area contributed by atoms with E-state index in [0.717, 1.165) is 50.6 Å². The molecule has 2 aromatic rings. The molecule has 0 spiro atoms. The van der Waals surface area contributed by atoms with Crippen molar-refractivity contribution in [3.05, 3.63) is 30.1 Å². The Morgan fingerprint density at radius 3 is 2.68 bits per heavy atom. The zero-order valence-corrected chi connectivity index (χ0v) is 17.3. The molecule has 1 aliphatic rings. The fourth-order valence-electron chi connectivity index (χ4n) is 3.76. The second kappa shape index (κ2) is 10.4. The highest BCUT2D eigenvalue weighted by atomic mass is 16.5. The lowest BCUT2D eigenvalue weighted by Gasteiger charge is -2.39. The number of rotatable bonds is 10. The summed E-state index contributed by atoms with van der Waals surface area (Å²) in [6, 6.07) is 8.54. The standard InChI is InChI=1S/C20H32N6O2/c1-4-5-9-19(20-21-22-23-26(20)14-15-27-2)25-12-10-24(11-13-25)17-7-6-8-18(16-17)28-3/h6-8,16,19H,4-5,9-15H2,1-3H3/t19-/m0/s1. The van der Waals surface area contributed by atoms with Crippen molar-refractivity contribution in [1.82, 2.24) is 25.1 Å². The van der Waals surface area contributed by atoms with E-state index in [1.807, 2.05) is 10.7 Å². The van der Waals surface area contributed by atoms with Crippen molar-refractivity contribution < 1.29 is 9.47 Å². The van der Waals surface area contributed by atoms with Crippen molar-refractivity contribution in [2.24, 2.45) is 0 Å². The molecule has 1 saturated heterocycles. The molecule has 2 heterocycles. The smallest absolute Gasteiger partial charge is 0.168 e. The van der Waals surface area contributed by atoms with Crippen LogP contribution in [0.25, 0.3) is 0 Å². The first-order valence-corrected chi connectivity index (χ1v) is 10.1. The Morgan fingerprint density at radius 2 is 1.96 bits per heavy atom. The van der Waals surface area contributed by atoms with Gasteiger partial charge in [-0.15, -0.1) is 5.10 Å². The number of anilines is 1. The molecule has 28 heavy (non-hydrogen) atoms. The maximum absolute atomic E-state index is 5.37. The molecule has 8 nitrogen and oxygen atoms in total. The molecular weight excluding hydrogens is 356 g/mol. The Kier molecular flexibility index (Phi) is 7.62. The molecule has 0 bridgehead atoms. The summed E-state index contributed by atoms with van der Waals surface area (Å²) < 4.78 is 12.5. The van der Waals surface area contributed by atoms with Crippen molar-refractivity contribution in [2.45, 2.75) is 38.8 Å². The molecule has 0 unspecified atom stereocenters. The summed E-state index contributed by atoms with van der Waals surface area (Å²) in [6.45, 7) is 7.47. The van der Waals surface area contributed by atoms with E-state index in [-0.39, 0.29) is 6.04 Å². The van der Waals surface area contributed by atoms with E-state index in [1.54, 1.807) is 14.2 Å². The van der Waals surface area contributed by atoms with Crippen molar-refractivity contribution >= 4 is 5.69 Å². The van der Waals surface area contributed by atoms with Gasteiger partial charge in [-0.05, 0) is 29.0 Å². The molecule has 1 fully saturated rings. The fourth-order valence-corrected chi connectivity index (χ4v) is 3.76. The first-order chi connectivity index (χ1) is 13.8. The Balaban J connectivity index is 1.68. The van der Waals surface area contributed by atoms with Crippen LogP contribution in [0.1, 0.15) is 38.1 Å². The van der Waals surface area contributed by atoms with Gasteiger partial charge in [-0.3, -0.25) is 4.90 Å². The normalized spacial score (nSPS) is 16.3. The molecular formula is C20H32N6O2. The number of piperazine rings is 1. The summed E-state index contributed by atoms with van der Waals surface area (Å²) in [5.74, 6) is 1.86. The Morgan fingerprint density at radius 1 is 1.14 bits per heavy atom. The average Bonchev–Trinajstić information content (AvgIpc) is 3.21. The van der Waals surface area contributed by atoms with Crippen LogP contribution in [0.3, 0.4) is 0 Å². The number of unbranched alkanes of at least 4 members (excludes halogenated alkanes) is 1. The van der Waals surface area contributed by atoms with Crippen LogP contribution in [0, 0.1) is 0 Å². The van der Waals surface area contributed by atoms with E-state index in [2.05, 4.69) is 50.4 Å². The van der Waals surface area contributed by atoms with Gasteiger partial charge < -0.3 is 14.4 Å². The highest BCUT2D eigenvalue weighted by molar-refractivity contribution is 5.51. The lowest BCUT2D eigenvalue weighted by atomic mass is 10.1. The monoisotopic (exact) mass is 388 g/mol.